The highest BCUT2D eigenvalue weighted by atomic mass is 14.8. The van der Waals surface area contributed by atoms with Crippen molar-refractivity contribution in [2.45, 2.75) is 0 Å². The molecule has 8 aromatic rings. The van der Waals surface area contributed by atoms with Crippen LogP contribution in [0.3, 0.4) is 0 Å². The van der Waals surface area contributed by atoms with Gasteiger partial charge in [0.2, 0.25) is 0 Å². The van der Waals surface area contributed by atoms with Crippen LogP contribution in [-0.2, 0) is 0 Å². The van der Waals surface area contributed by atoms with Crippen LogP contribution in [0.15, 0.2) is 146 Å². The molecule has 5 nitrogen and oxygen atoms in total. The first kappa shape index (κ1) is 27.7. The average molecular weight is 614 g/mol. The third kappa shape index (κ3) is 4.44. The molecule has 0 bridgehead atoms. The van der Waals surface area contributed by atoms with Crippen LogP contribution in [-0.4, -0.2) is 26.4 Å². The second kappa shape index (κ2) is 11.0. The van der Waals surface area contributed by atoms with Crippen molar-refractivity contribution in [2.75, 3.05) is 0 Å². The summed E-state index contributed by atoms with van der Waals surface area (Å²) in [5, 5.41) is 21.5. The molecule has 3 heterocycles. The van der Waals surface area contributed by atoms with Gasteiger partial charge in [0.15, 0.2) is 0 Å². The highest BCUT2D eigenvalue weighted by Gasteiger charge is 2.29. The van der Waals surface area contributed by atoms with Crippen molar-refractivity contribution < 1.29 is 0 Å². The molecule has 2 N–H and O–H groups in total. The molecule has 5 aromatic carbocycles. The highest BCUT2D eigenvalue weighted by molar-refractivity contribution is 6.64. The van der Waals surface area contributed by atoms with Gasteiger partial charge in [-0.05, 0) is 29.8 Å². The predicted molar refractivity (Wildman–Crippen MR) is 198 cm³/mol. The Hall–Kier alpha value is -6.59. The molecule has 1 aliphatic rings. The van der Waals surface area contributed by atoms with Crippen LogP contribution < -0.4 is 0 Å². The van der Waals surface area contributed by atoms with E-state index < -0.39 is 0 Å². The third-order valence-corrected chi connectivity index (χ3v) is 9.10. The fourth-order valence-electron chi connectivity index (χ4n) is 6.77. The summed E-state index contributed by atoms with van der Waals surface area (Å²) in [6.07, 6.45) is 2.03. The van der Waals surface area contributed by atoms with Gasteiger partial charge in [0, 0.05) is 49.5 Å². The summed E-state index contributed by atoms with van der Waals surface area (Å²) in [6, 6.07) is 48.6. The Balaban J connectivity index is 1.32. The minimum absolute atomic E-state index is 0.170. The fraction of sp³-hybridized carbons (Fsp3) is 0. The highest BCUT2D eigenvalue weighted by Crippen LogP contribution is 2.41. The molecule has 224 valence electrons. The molecule has 0 atom stereocenters. The van der Waals surface area contributed by atoms with Crippen molar-refractivity contribution in [1.82, 2.24) is 15.0 Å². The van der Waals surface area contributed by atoms with E-state index in [0.717, 1.165) is 77.6 Å². The zero-order valence-electron chi connectivity index (χ0n) is 25.8. The van der Waals surface area contributed by atoms with Gasteiger partial charge in [-0.15, -0.1) is 0 Å². The number of hydrogen-bond acceptors (Lipinski definition) is 5. The van der Waals surface area contributed by atoms with Gasteiger partial charge in [-0.3, -0.25) is 10.8 Å². The van der Waals surface area contributed by atoms with E-state index in [1.54, 1.807) is 0 Å². The molecule has 5 heteroatoms. The van der Waals surface area contributed by atoms with Crippen LogP contribution in [0.5, 0.6) is 0 Å². The van der Waals surface area contributed by atoms with Gasteiger partial charge in [-0.25, -0.2) is 15.0 Å². The normalized spacial score (nSPS) is 12.8. The number of hydrogen-bond donors (Lipinski definition) is 2. The van der Waals surface area contributed by atoms with E-state index in [2.05, 4.69) is 42.5 Å². The van der Waals surface area contributed by atoms with Gasteiger partial charge in [-0.2, -0.15) is 0 Å². The van der Waals surface area contributed by atoms with Crippen LogP contribution in [0, 0.1) is 10.8 Å². The monoisotopic (exact) mass is 613 g/mol. The summed E-state index contributed by atoms with van der Waals surface area (Å²) in [5.74, 6) is 0. The maximum absolute atomic E-state index is 9.48. The lowest BCUT2D eigenvalue weighted by Gasteiger charge is -2.24. The standard InChI is InChI=1S/C43H27N5/c44-39-32(26-11-4-1-5-12-26)25-33-38(40(39)45)37-31(17-10-18-36(37)48-41(33)28-15-8-3-9-16-28)35-24-22-30-20-19-29-21-23-34(27-13-6-2-7-14-27)46-42(29)43(30)47-35/h1-25,44-45H. The second-order valence-electron chi connectivity index (χ2n) is 12.0. The quantitative estimate of drug-likeness (QED) is 0.194. The largest absolute Gasteiger partial charge is 0.298 e. The van der Waals surface area contributed by atoms with E-state index in [4.69, 9.17) is 15.0 Å². The van der Waals surface area contributed by atoms with E-state index in [9.17, 15) is 10.8 Å². The molecular weight excluding hydrogens is 587 g/mol. The maximum atomic E-state index is 9.48. The summed E-state index contributed by atoms with van der Waals surface area (Å²) in [6.45, 7) is 0. The van der Waals surface area contributed by atoms with Crippen LogP contribution in [0.4, 0.5) is 0 Å². The molecular formula is C43H27N5. The van der Waals surface area contributed by atoms with E-state index in [-0.39, 0.29) is 11.4 Å². The molecule has 9 rings (SSSR count). The van der Waals surface area contributed by atoms with Crippen molar-refractivity contribution in [2.24, 2.45) is 0 Å². The summed E-state index contributed by atoms with van der Waals surface area (Å²) >= 11 is 0. The summed E-state index contributed by atoms with van der Waals surface area (Å²) in [5.41, 5.74) is 11.2. The molecule has 0 amide bonds. The maximum Gasteiger partial charge on any atom is 0.0972 e. The Morgan fingerprint density at radius 1 is 0.438 bits per heavy atom. The fourth-order valence-corrected chi connectivity index (χ4v) is 6.77. The molecule has 0 spiro atoms. The SMILES string of the molecule is N=C1C(=N)c2c(c(-c3ccccc3)nc3cccc(-c4ccc5ccc6ccc(-c7ccccc7)nc6c5n4)c23)C=C1c1ccccc1. The van der Waals surface area contributed by atoms with Gasteiger partial charge >= 0.3 is 0 Å². The Morgan fingerprint density at radius 2 is 1.00 bits per heavy atom. The summed E-state index contributed by atoms with van der Waals surface area (Å²) in [7, 11) is 0. The summed E-state index contributed by atoms with van der Waals surface area (Å²) in [4.78, 5) is 15.6. The molecule has 3 aromatic heterocycles. The van der Waals surface area contributed by atoms with Crippen molar-refractivity contribution >= 4 is 55.8 Å². The smallest absolute Gasteiger partial charge is 0.0972 e. The molecule has 1 aliphatic carbocycles. The molecule has 0 radical (unpaired) electrons. The average Bonchev–Trinajstić information content (AvgIpc) is 3.16. The number of nitrogens with zero attached hydrogens (tertiary/aromatic N) is 3. The van der Waals surface area contributed by atoms with Crippen molar-refractivity contribution in [3.05, 3.63) is 162 Å². The third-order valence-electron chi connectivity index (χ3n) is 9.10. The number of pyridine rings is 3. The van der Waals surface area contributed by atoms with Gasteiger partial charge in [0.05, 0.1) is 45.1 Å². The Morgan fingerprint density at radius 3 is 1.67 bits per heavy atom. The Labute approximate surface area is 276 Å². The topological polar surface area (TPSA) is 86.4 Å². The Kier molecular flexibility index (Phi) is 6.37. The number of benzene rings is 5. The van der Waals surface area contributed by atoms with Gasteiger partial charge in [-0.1, -0.05) is 127 Å². The van der Waals surface area contributed by atoms with E-state index in [0.29, 0.717) is 11.1 Å². The molecule has 0 fully saturated rings. The lowest BCUT2D eigenvalue weighted by Crippen LogP contribution is -2.22. The molecule has 48 heavy (non-hydrogen) atoms. The molecule has 0 unspecified atom stereocenters. The van der Waals surface area contributed by atoms with Crippen LogP contribution >= 0.6 is 0 Å². The van der Waals surface area contributed by atoms with Crippen molar-refractivity contribution in [3.8, 4) is 33.8 Å². The lowest BCUT2D eigenvalue weighted by atomic mass is 9.81. The first-order valence-corrected chi connectivity index (χ1v) is 15.9. The van der Waals surface area contributed by atoms with Crippen molar-refractivity contribution in [1.29, 1.82) is 10.8 Å². The minimum Gasteiger partial charge on any atom is -0.298 e. The number of rotatable bonds is 4. The van der Waals surface area contributed by atoms with Gasteiger partial charge in [0.25, 0.3) is 0 Å². The Bertz CT molecular complexity index is 2630. The zero-order valence-corrected chi connectivity index (χ0v) is 25.8. The van der Waals surface area contributed by atoms with Gasteiger partial charge < -0.3 is 0 Å². The molecule has 0 saturated carbocycles. The van der Waals surface area contributed by atoms with Crippen LogP contribution in [0.1, 0.15) is 16.7 Å². The number of allylic oxidation sites excluding steroid dienone is 1. The van der Waals surface area contributed by atoms with Crippen molar-refractivity contribution in [3.63, 3.8) is 0 Å². The second-order valence-corrected chi connectivity index (χ2v) is 12.0. The van der Waals surface area contributed by atoms with Gasteiger partial charge in [0.1, 0.15) is 0 Å². The first-order valence-electron chi connectivity index (χ1n) is 15.9. The predicted octanol–water partition coefficient (Wildman–Crippen LogP) is 10.3. The van der Waals surface area contributed by atoms with Crippen LogP contribution in [0.2, 0.25) is 0 Å². The number of aromatic nitrogens is 3. The van der Waals surface area contributed by atoms with Crippen LogP contribution in [0.25, 0.3) is 78.1 Å². The van der Waals surface area contributed by atoms with E-state index >= 15 is 0 Å². The van der Waals surface area contributed by atoms with E-state index in [1.807, 2.05) is 109 Å². The summed E-state index contributed by atoms with van der Waals surface area (Å²) < 4.78 is 0. The zero-order chi connectivity index (χ0) is 32.2. The van der Waals surface area contributed by atoms with E-state index in [1.165, 1.54) is 0 Å². The lowest BCUT2D eigenvalue weighted by molar-refractivity contribution is 1.35. The molecule has 0 aliphatic heterocycles. The first-order chi connectivity index (χ1) is 23.6. The minimum atomic E-state index is 0.170. The number of nitrogens with one attached hydrogen (secondary N) is 2. The number of fused-ring (bicyclic) bond motifs is 6. The molecule has 0 saturated heterocycles.